The molecule has 0 saturated heterocycles. The van der Waals surface area contributed by atoms with E-state index < -0.39 is 5.91 Å². The van der Waals surface area contributed by atoms with Gasteiger partial charge in [-0.2, -0.15) is 0 Å². The molecule has 2 aromatic heterocycles. The molecule has 0 aliphatic carbocycles. The van der Waals surface area contributed by atoms with Crippen LogP contribution >= 0.6 is 22.7 Å². The van der Waals surface area contributed by atoms with Gasteiger partial charge in [0.25, 0.3) is 5.91 Å². The Morgan fingerprint density at radius 3 is 2.43 bits per heavy atom. The van der Waals surface area contributed by atoms with Gasteiger partial charge in [-0.3, -0.25) is 9.59 Å². The van der Waals surface area contributed by atoms with E-state index in [9.17, 15) is 9.59 Å². The molecule has 2 aromatic carbocycles. The van der Waals surface area contributed by atoms with Crippen LogP contribution < -0.4 is 11.1 Å². The van der Waals surface area contributed by atoms with Crippen LogP contribution in [0.5, 0.6) is 0 Å². The van der Waals surface area contributed by atoms with Gasteiger partial charge >= 0.3 is 0 Å². The third-order valence-corrected chi connectivity index (χ3v) is 6.01. The predicted octanol–water partition coefficient (Wildman–Crippen LogP) is 4.89. The van der Waals surface area contributed by atoms with Gasteiger partial charge in [0.2, 0.25) is 5.91 Å². The van der Waals surface area contributed by atoms with Crippen molar-refractivity contribution in [2.45, 2.75) is 0 Å². The lowest BCUT2D eigenvalue weighted by atomic mass is 10.0. The van der Waals surface area contributed by atoms with E-state index in [1.807, 2.05) is 53.9 Å². The zero-order valence-corrected chi connectivity index (χ0v) is 16.2. The highest BCUT2D eigenvalue weighted by molar-refractivity contribution is 7.20. The summed E-state index contributed by atoms with van der Waals surface area (Å²) in [6.07, 6.45) is 0. The standard InChI is InChI=1S/C21H15N3O2S2/c22-19(25)14-9-7-13(8-10-14)15-4-1-2-5-16(15)23-20(26)17-12-28-21(24-17)18-6-3-11-27-18/h1-12H,(H2,22,25)(H,23,26). The average Bonchev–Trinajstić information content (AvgIpc) is 3.40. The predicted molar refractivity (Wildman–Crippen MR) is 114 cm³/mol. The second-order valence-corrected chi connectivity index (χ2v) is 7.76. The first-order valence-electron chi connectivity index (χ1n) is 8.42. The topological polar surface area (TPSA) is 85.1 Å². The Hall–Kier alpha value is -3.29. The normalized spacial score (nSPS) is 10.6. The van der Waals surface area contributed by atoms with Gasteiger partial charge in [0.1, 0.15) is 10.7 Å². The second kappa shape index (κ2) is 7.75. The molecule has 0 radical (unpaired) electrons. The van der Waals surface area contributed by atoms with Crippen molar-refractivity contribution < 1.29 is 9.59 Å². The molecule has 0 spiro atoms. The van der Waals surface area contributed by atoms with E-state index in [4.69, 9.17) is 5.73 Å². The largest absolute Gasteiger partial charge is 0.366 e. The fraction of sp³-hybridized carbons (Fsp3) is 0. The SMILES string of the molecule is NC(=O)c1ccc(-c2ccccc2NC(=O)c2csc(-c3cccs3)n2)cc1. The summed E-state index contributed by atoms with van der Waals surface area (Å²) < 4.78 is 0. The highest BCUT2D eigenvalue weighted by Gasteiger charge is 2.15. The molecule has 0 fully saturated rings. The van der Waals surface area contributed by atoms with Crippen LogP contribution in [0.15, 0.2) is 71.4 Å². The number of nitrogens with zero attached hydrogens (tertiary/aromatic N) is 1. The smallest absolute Gasteiger partial charge is 0.275 e. The number of benzene rings is 2. The number of carbonyl (C=O) groups excluding carboxylic acids is 2. The first-order chi connectivity index (χ1) is 13.6. The molecule has 3 N–H and O–H groups in total. The highest BCUT2D eigenvalue weighted by atomic mass is 32.1. The molecule has 0 aliphatic heterocycles. The second-order valence-electron chi connectivity index (χ2n) is 5.96. The number of primary amides is 1. The van der Waals surface area contributed by atoms with Gasteiger partial charge in [-0.15, -0.1) is 22.7 Å². The number of rotatable bonds is 5. The number of carbonyl (C=O) groups is 2. The molecule has 5 nitrogen and oxygen atoms in total. The number of amides is 2. The van der Waals surface area contributed by atoms with E-state index in [-0.39, 0.29) is 5.91 Å². The van der Waals surface area contributed by atoms with E-state index in [0.29, 0.717) is 16.9 Å². The quantitative estimate of drug-likeness (QED) is 0.496. The Kier molecular flexibility index (Phi) is 5.01. The van der Waals surface area contributed by atoms with E-state index in [2.05, 4.69) is 10.3 Å². The van der Waals surface area contributed by atoms with Gasteiger partial charge in [0, 0.05) is 22.2 Å². The van der Waals surface area contributed by atoms with Gasteiger partial charge in [-0.1, -0.05) is 36.4 Å². The molecular formula is C21H15N3O2S2. The Morgan fingerprint density at radius 2 is 1.71 bits per heavy atom. The minimum atomic E-state index is -0.474. The number of nitrogens with two attached hydrogens (primary N) is 1. The lowest BCUT2D eigenvalue weighted by Gasteiger charge is -2.11. The van der Waals surface area contributed by atoms with Crippen molar-refractivity contribution in [1.29, 1.82) is 0 Å². The van der Waals surface area contributed by atoms with Gasteiger partial charge in [0.05, 0.1) is 4.88 Å². The summed E-state index contributed by atoms with van der Waals surface area (Å²) in [5, 5.41) is 7.51. The zero-order chi connectivity index (χ0) is 19.5. The van der Waals surface area contributed by atoms with Crippen molar-refractivity contribution in [2.75, 3.05) is 5.32 Å². The molecule has 2 amide bonds. The van der Waals surface area contributed by atoms with Crippen LogP contribution in [0.1, 0.15) is 20.8 Å². The number of aromatic nitrogens is 1. The number of para-hydroxylation sites is 1. The molecule has 7 heteroatoms. The van der Waals surface area contributed by atoms with Gasteiger partial charge in [-0.25, -0.2) is 4.98 Å². The van der Waals surface area contributed by atoms with Gasteiger partial charge in [0.15, 0.2) is 0 Å². The summed E-state index contributed by atoms with van der Waals surface area (Å²) in [5.41, 5.74) is 8.51. The number of hydrogen-bond acceptors (Lipinski definition) is 5. The first-order valence-corrected chi connectivity index (χ1v) is 10.2. The van der Waals surface area contributed by atoms with Crippen molar-refractivity contribution in [3.63, 3.8) is 0 Å². The minimum absolute atomic E-state index is 0.264. The summed E-state index contributed by atoms with van der Waals surface area (Å²) in [6.45, 7) is 0. The van der Waals surface area contributed by atoms with Crippen molar-refractivity contribution >= 4 is 40.2 Å². The first kappa shape index (κ1) is 18.1. The van der Waals surface area contributed by atoms with Crippen LogP contribution in [0.4, 0.5) is 5.69 Å². The Bertz CT molecular complexity index is 1130. The van der Waals surface area contributed by atoms with Crippen LogP contribution in [0.2, 0.25) is 0 Å². The average molecular weight is 406 g/mol. The Morgan fingerprint density at radius 1 is 0.929 bits per heavy atom. The number of nitrogens with one attached hydrogen (secondary N) is 1. The van der Waals surface area contributed by atoms with E-state index in [1.165, 1.54) is 11.3 Å². The molecule has 2 heterocycles. The van der Waals surface area contributed by atoms with Gasteiger partial charge in [-0.05, 0) is 35.2 Å². The number of hydrogen-bond donors (Lipinski definition) is 2. The summed E-state index contributed by atoms with van der Waals surface area (Å²) in [4.78, 5) is 29.5. The maximum Gasteiger partial charge on any atom is 0.275 e. The molecular weight excluding hydrogens is 390 g/mol. The van der Waals surface area contributed by atoms with Crippen molar-refractivity contribution in [3.8, 4) is 21.0 Å². The Balaban J connectivity index is 1.59. The van der Waals surface area contributed by atoms with E-state index >= 15 is 0 Å². The molecule has 28 heavy (non-hydrogen) atoms. The third kappa shape index (κ3) is 3.71. The molecule has 0 saturated carbocycles. The summed E-state index contributed by atoms with van der Waals surface area (Å²) in [5.74, 6) is -0.738. The van der Waals surface area contributed by atoms with Crippen molar-refractivity contribution in [3.05, 3.63) is 82.7 Å². The molecule has 0 atom stereocenters. The molecule has 4 rings (SSSR count). The highest BCUT2D eigenvalue weighted by Crippen LogP contribution is 2.30. The molecule has 138 valence electrons. The lowest BCUT2D eigenvalue weighted by Crippen LogP contribution is -2.13. The van der Waals surface area contributed by atoms with E-state index in [0.717, 1.165) is 21.0 Å². The van der Waals surface area contributed by atoms with E-state index in [1.54, 1.807) is 28.8 Å². The minimum Gasteiger partial charge on any atom is -0.366 e. The van der Waals surface area contributed by atoms with Crippen molar-refractivity contribution in [2.24, 2.45) is 5.73 Å². The summed E-state index contributed by atoms with van der Waals surface area (Å²) in [6, 6.07) is 18.4. The molecule has 4 aromatic rings. The number of thiophene rings is 1. The van der Waals surface area contributed by atoms with Crippen LogP contribution in [-0.2, 0) is 0 Å². The third-order valence-electron chi connectivity index (χ3n) is 4.12. The van der Waals surface area contributed by atoms with Crippen LogP contribution in [0.25, 0.3) is 21.0 Å². The van der Waals surface area contributed by atoms with Gasteiger partial charge < -0.3 is 11.1 Å². The maximum atomic E-state index is 12.7. The monoisotopic (exact) mass is 405 g/mol. The van der Waals surface area contributed by atoms with Crippen LogP contribution in [0.3, 0.4) is 0 Å². The van der Waals surface area contributed by atoms with Crippen LogP contribution in [0, 0.1) is 0 Å². The van der Waals surface area contributed by atoms with Crippen LogP contribution in [-0.4, -0.2) is 16.8 Å². The lowest BCUT2D eigenvalue weighted by molar-refractivity contribution is 0.0997. The summed E-state index contributed by atoms with van der Waals surface area (Å²) in [7, 11) is 0. The molecule has 0 unspecified atom stereocenters. The zero-order valence-electron chi connectivity index (χ0n) is 14.6. The van der Waals surface area contributed by atoms with Crippen molar-refractivity contribution in [1.82, 2.24) is 4.98 Å². The number of anilines is 1. The molecule has 0 aliphatic rings. The number of thiazole rings is 1. The fourth-order valence-corrected chi connectivity index (χ4v) is 4.35. The fourth-order valence-electron chi connectivity index (χ4n) is 2.74. The maximum absolute atomic E-state index is 12.7. The molecule has 0 bridgehead atoms. The Labute approximate surface area is 169 Å². The summed E-state index contributed by atoms with van der Waals surface area (Å²) >= 11 is 3.04.